The van der Waals surface area contributed by atoms with Crippen LogP contribution < -0.4 is 0 Å². The molecule has 0 aliphatic carbocycles. The summed E-state index contributed by atoms with van der Waals surface area (Å²) in [6.45, 7) is 3.83. The Hall–Kier alpha value is -0.120. The van der Waals surface area contributed by atoms with Gasteiger partial charge in [-0.2, -0.15) is 0 Å². The predicted octanol–water partition coefficient (Wildman–Crippen LogP) is 2.39. The molecule has 1 fully saturated rings. The third-order valence-corrected chi connectivity index (χ3v) is 2.35. The minimum atomic E-state index is -1.06. The van der Waals surface area contributed by atoms with Gasteiger partial charge in [-0.3, -0.25) is 0 Å². The Kier molecular flexibility index (Phi) is 4.16. The third kappa shape index (κ3) is 4.07. The second-order valence-electron chi connectivity index (χ2n) is 4.03. The fraction of sp³-hybridized carbons (Fsp3) is 1.00. The molecule has 1 heterocycles. The van der Waals surface area contributed by atoms with Crippen molar-refractivity contribution in [1.82, 2.24) is 0 Å². The van der Waals surface area contributed by atoms with Gasteiger partial charge in [0, 0.05) is 6.42 Å². The van der Waals surface area contributed by atoms with Crippen molar-refractivity contribution in [2.45, 2.75) is 64.3 Å². The highest BCUT2D eigenvalue weighted by molar-refractivity contribution is 4.71. The SMILES string of the molecule is CCCCCC[C@@H]1C[C@](C)(O)OO1. The average molecular weight is 188 g/mol. The zero-order chi connectivity index (χ0) is 9.73. The smallest absolute Gasteiger partial charge is 0.198 e. The average Bonchev–Trinajstić information content (AvgIpc) is 2.40. The summed E-state index contributed by atoms with van der Waals surface area (Å²) in [5.41, 5.74) is 0. The Morgan fingerprint density at radius 1 is 1.38 bits per heavy atom. The summed E-state index contributed by atoms with van der Waals surface area (Å²) in [7, 11) is 0. The third-order valence-electron chi connectivity index (χ3n) is 2.35. The van der Waals surface area contributed by atoms with Crippen LogP contribution in [0.15, 0.2) is 0 Å². The highest BCUT2D eigenvalue weighted by Crippen LogP contribution is 2.28. The first kappa shape index (κ1) is 11.0. The van der Waals surface area contributed by atoms with Gasteiger partial charge in [0.15, 0.2) is 5.79 Å². The molecule has 0 aromatic rings. The van der Waals surface area contributed by atoms with Crippen molar-refractivity contribution in [3.63, 3.8) is 0 Å². The van der Waals surface area contributed by atoms with Gasteiger partial charge in [-0.25, -0.2) is 9.78 Å². The van der Waals surface area contributed by atoms with E-state index in [1.165, 1.54) is 19.3 Å². The van der Waals surface area contributed by atoms with Gasteiger partial charge in [0.05, 0.1) is 6.10 Å². The summed E-state index contributed by atoms with van der Waals surface area (Å²) in [5, 5.41) is 9.42. The fourth-order valence-electron chi connectivity index (χ4n) is 1.61. The van der Waals surface area contributed by atoms with Crippen LogP contribution in [0.25, 0.3) is 0 Å². The summed E-state index contributed by atoms with van der Waals surface area (Å²) >= 11 is 0. The highest BCUT2D eigenvalue weighted by Gasteiger charge is 2.35. The summed E-state index contributed by atoms with van der Waals surface area (Å²) in [6.07, 6.45) is 6.63. The maximum atomic E-state index is 9.42. The van der Waals surface area contributed by atoms with Crippen LogP contribution in [-0.4, -0.2) is 17.0 Å². The van der Waals surface area contributed by atoms with Crippen molar-refractivity contribution in [2.24, 2.45) is 0 Å². The van der Waals surface area contributed by atoms with E-state index in [0.717, 1.165) is 12.8 Å². The van der Waals surface area contributed by atoms with E-state index in [1.54, 1.807) is 6.92 Å². The molecular formula is C10H20O3. The van der Waals surface area contributed by atoms with E-state index >= 15 is 0 Å². The lowest BCUT2D eigenvalue weighted by Gasteiger charge is -2.09. The summed E-state index contributed by atoms with van der Waals surface area (Å²) < 4.78 is 0. The van der Waals surface area contributed by atoms with Crippen LogP contribution in [-0.2, 0) is 9.78 Å². The second-order valence-corrected chi connectivity index (χ2v) is 4.03. The van der Waals surface area contributed by atoms with Crippen molar-refractivity contribution in [1.29, 1.82) is 0 Å². The summed E-state index contributed by atoms with van der Waals surface area (Å²) in [6, 6.07) is 0. The van der Waals surface area contributed by atoms with E-state index in [2.05, 4.69) is 6.92 Å². The molecule has 1 rings (SSSR count). The van der Waals surface area contributed by atoms with Crippen LogP contribution >= 0.6 is 0 Å². The van der Waals surface area contributed by atoms with Gasteiger partial charge >= 0.3 is 0 Å². The van der Waals surface area contributed by atoms with Gasteiger partial charge < -0.3 is 5.11 Å². The van der Waals surface area contributed by atoms with Gasteiger partial charge in [-0.05, 0) is 13.3 Å². The lowest BCUT2D eigenvalue weighted by atomic mass is 10.0. The quantitative estimate of drug-likeness (QED) is 0.532. The minimum Gasteiger partial charge on any atom is -0.363 e. The fourth-order valence-corrected chi connectivity index (χ4v) is 1.61. The Morgan fingerprint density at radius 2 is 2.15 bits per heavy atom. The highest BCUT2D eigenvalue weighted by atomic mass is 17.2. The first-order valence-electron chi connectivity index (χ1n) is 5.21. The van der Waals surface area contributed by atoms with E-state index < -0.39 is 5.79 Å². The molecule has 0 amide bonds. The van der Waals surface area contributed by atoms with Crippen molar-refractivity contribution < 1.29 is 14.9 Å². The first-order chi connectivity index (χ1) is 6.14. The first-order valence-corrected chi connectivity index (χ1v) is 5.21. The van der Waals surface area contributed by atoms with E-state index in [4.69, 9.17) is 9.78 Å². The summed E-state index contributed by atoms with van der Waals surface area (Å²) in [4.78, 5) is 9.76. The van der Waals surface area contributed by atoms with Crippen LogP contribution in [0.5, 0.6) is 0 Å². The molecule has 0 saturated carbocycles. The van der Waals surface area contributed by atoms with Crippen LogP contribution in [0.4, 0.5) is 0 Å². The molecule has 1 saturated heterocycles. The molecule has 1 N–H and O–H groups in total. The normalized spacial score (nSPS) is 33.9. The molecular weight excluding hydrogens is 168 g/mol. The number of aliphatic hydroxyl groups is 1. The molecule has 2 atom stereocenters. The van der Waals surface area contributed by atoms with Crippen LogP contribution in [0.2, 0.25) is 0 Å². The summed E-state index contributed by atoms with van der Waals surface area (Å²) in [5.74, 6) is -1.06. The van der Waals surface area contributed by atoms with E-state index in [9.17, 15) is 5.11 Å². The second kappa shape index (κ2) is 4.94. The monoisotopic (exact) mass is 188 g/mol. The number of unbranched alkanes of at least 4 members (excludes halogenated alkanes) is 3. The van der Waals surface area contributed by atoms with Crippen LogP contribution in [0.1, 0.15) is 52.4 Å². The molecule has 0 bridgehead atoms. The van der Waals surface area contributed by atoms with Gasteiger partial charge in [-0.1, -0.05) is 32.6 Å². The number of hydrogen-bond donors (Lipinski definition) is 1. The Morgan fingerprint density at radius 3 is 2.69 bits per heavy atom. The number of rotatable bonds is 5. The molecule has 1 aliphatic rings. The largest absolute Gasteiger partial charge is 0.363 e. The maximum absolute atomic E-state index is 9.42. The molecule has 0 aromatic carbocycles. The molecule has 1 aliphatic heterocycles. The number of hydrogen-bond acceptors (Lipinski definition) is 3. The minimum absolute atomic E-state index is 0.0897. The van der Waals surface area contributed by atoms with Crippen molar-refractivity contribution in [2.75, 3.05) is 0 Å². The van der Waals surface area contributed by atoms with Crippen molar-refractivity contribution in [3.8, 4) is 0 Å². The maximum Gasteiger partial charge on any atom is 0.198 e. The van der Waals surface area contributed by atoms with E-state index in [-0.39, 0.29) is 6.10 Å². The van der Waals surface area contributed by atoms with Crippen LogP contribution in [0, 0.1) is 0 Å². The van der Waals surface area contributed by atoms with E-state index in [0.29, 0.717) is 6.42 Å². The Balaban J connectivity index is 2.04. The Labute approximate surface area is 80.0 Å². The molecule has 0 radical (unpaired) electrons. The topological polar surface area (TPSA) is 38.7 Å². The van der Waals surface area contributed by atoms with Gasteiger partial charge in [0.2, 0.25) is 0 Å². The molecule has 3 nitrogen and oxygen atoms in total. The Bertz CT molecular complexity index is 145. The van der Waals surface area contributed by atoms with Gasteiger partial charge in [-0.15, -0.1) is 0 Å². The molecule has 78 valence electrons. The zero-order valence-electron chi connectivity index (χ0n) is 8.58. The lowest BCUT2D eigenvalue weighted by Crippen LogP contribution is -2.21. The standard InChI is InChI=1S/C10H20O3/c1-3-4-5-6-7-9-8-10(2,11)13-12-9/h9,11H,3-8H2,1-2H3/t9-,10-/m1/s1. The molecule has 0 unspecified atom stereocenters. The van der Waals surface area contributed by atoms with Crippen molar-refractivity contribution in [3.05, 3.63) is 0 Å². The van der Waals surface area contributed by atoms with E-state index in [1.807, 2.05) is 0 Å². The van der Waals surface area contributed by atoms with Gasteiger partial charge in [0.1, 0.15) is 0 Å². The lowest BCUT2D eigenvalue weighted by molar-refractivity contribution is -0.372. The zero-order valence-corrected chi connectivity index (χ0v) is 8.58. The molecule has 0 spiro atoms. The molecule has 0 aromatic heterocycles. The predicted molar refractivity (Wildman–Crippen MR) is 50.0 cm³/mol. The van der Waals surface area contributed by atoms with Crippen molar-refractivity contribution >= 4 is 0 Å². The van der Waals surface area contributed by atoms with Gasteiger partial charge in [0.25, 0.3) is 0 Å². The van der Waals surface area contributed by atoms with Crippen LogP contribution in [0.3, 0.4) is 0 Å². The molecule has 3 heteroatoms. The molecule has 13 heavy (non-hydrogen) atoms.